The van der Waals surface area contributed by atoms with Gasteiger partial charge in [0, 0.05) is 11.3 Å². The standard InChI is InChI=1S/C13H14BrN3O/c1-8(2)16-13(18)12-6-9(7-15-17-12)10-4-3-5-11(10)14/h6-7H,1,3-5H2,2H3,(H,16,18). The monoisotopic (exact) mass is 307 g/mol. The predicted octanol–water partition coefficient (Wildman–Crippen LogP) is 3.03. The molecule has 0 fully saturated rings. The Morgan fingerprint density at radius 2 is 2.28 bits per heavy atom. The highest BCUT2D eigenvalue weighted by Crippen LogP contribution is 2.36. The quantitative estimate of drug-likeness (QED) is 0.934. The van der Waals surface area contributed by atoms with Crippen molar-refractivity contribution >= 4 is 27.4 Å². The molecule has 1 heterocycles. The smallest absolute Gasteiger partial charge is 0.275 e. The van der Waals surface area contributed by atoms with Crippen LogP contribution in [0.5, 0.6) is 0 Å². The number of halogens is 1. The first-order valence-electron chi connectivity index (χ1n) is 5.75. The average Bonchev–Trinajstić information content (AvgIpc) is 2.75. The minimum absolute atomic E-state index is 0.272. The molecule has 1 aliphatic rings. The lowest BCUT2D eigenvalue weighted by Crippen LogP contribution is -2.22. The molecule has 4 nitrogen and oxygen atoms in total. The van der Waals surface area contributed by atoms with Crippen molar-refractivity contribution in [2.75, 3.05) is 0 Å². The lowest BCUT2D eigenvalue weighted by Gasteiger charge is -2.06. The minimum Gasteiger partial charge on any atom is -0.325 e. The summed E-state index contributed by atoms with van der Waals surface area (Å²) in [5.41, 5.74) is 3.08. The first-order chi connectivity index (χ1) is 8.58. The second-order valence-electron chi connectivity index (χ2n) is 4.30. The third-order valence-electron chi connectivity index (χ3n) is 2.71. The van der Waals surface area contributed by atoms with Crippen LogP contribution >= 0.6 is 15.9 Å². The maximum Gasteiger partial charge on any atom is 0.275 e. The molecule has 0 unspecified atom stereocenters. The first-order valence-corrected chi connectivity index (χ1v) is 6.54. The summed E-state index contributed by atoms with van der Waals surface area (Å²) in [4.78, 5) is 11.8. The van der Waals surface area contributed by atoms with E-state index in [2.05, 4.69) is 38.0 Å². The summed E-state index contributed by atoms with van der Waals surface area (Å²) < 4.78 is 1.20. The van der Waals surface area contributed by atoms with Crippen molar-refractivity contribution in [1.29, 1.82) is 0 Å². The average molecular weight is 308 g/mol. The molecule has 1 aromatic heterocycles. The number of hydrogen-bond donors (Lipinski definition) is 1. The molecule has 18 heavy (non-hydrogen) atoms. The number of amides is 1. The van der Waals surface area contributed by atoms with E-state index < -0.39 is 0 Å². The van der Waals surface area contributed by atoms with Crippen molar-refractivity contribution in [3.8, 4) is 0 Å². The molecule has 1 aromatic rings. The number of hydrogen-bond acceptors (Lipinski definition) is 3. The maximum atomic E-state index is 11.8. The van der Waals surface area contributed by atoms with Crippen molar-refractivity contribution in [3.63, 3.8) is 0 Å². The summed E-state index contributed by atoms with van der Waals surface area (Å²) in [6.45, 7) is 5.36. The van der Waals surface area contributed by atoms with Crippen molar-refractivity contribution < 1.29 is 4.79 Å². The van der Waals surface area contributed by atoms with Gasteiger partial charge in [0.25, 0.3) is 5.91 Å². The van der Waals surface area contributed by atoms with Gasteiger partial charge < -0.3 is 5.32 Å². The molecule has 1 N–H and O–H groups in total. The summed E-state index contributed by atoms with van der Waals surface area (Å²) in [5.74, 6) is -0.272. The van der Waals surface area contributed by atoms with Crippen LogP contribution in [0.1, 0.15) is 42.2 Å². The zero-order chi connectivity index (χ0) is 13.1. The Balaban J connectivity index is 2.28. The molecule has 0 aliphatic heterocycles. The van der Waals surface area contributed by atoms with E-state index in [1.807, 2.05) is 0 Å². The molecule has 2 rings (SSSR count). The topological polar surface area (TPSA) is 54.9 Å². The van der Waals surface area contributed by atoms with Crippen LogP contribution in [-0.4, -0.2) is 16.1 Å². The predicted molar refractivity (Wildman–Crippen MR) is 74.0 cm³/mol. The highest BCUT2D eigenvalue weighted by Gasteiger charge is 2.16. The fourth-order valence-corrected chi connectivity index (χ4v) is 2.62. The number of allylic oxidation sites excluding steroid dienone is 3. The highest BCUT2D eigenvalue weighted by molar-refractivity contribution is 9.11. The molecule has 0 radical (unpaired) electrons. The fraction of sp³-hybridized carbons (Fsp3) is 0.308. The second-order valence-corrected chi connectivity index (χ2v) is 5.26. The Labute approximate surface area is 114 Å². The number of carbonyl (C=O) groups excluding carboxylic acids is 1. The maximum absolute atomic E-state index is 11.8. The lowest BCUT2D eigenvalue weighted by molar-refractivity contribution is 0.0960. The number of carbonyl (C=O) groups is 1. The summed E-state index contributed by atoms with van der Waals surface area (Å²) in [6.07, 6.45) is 4.88. The SMILES string of the molecule is C=C(C)NC(=O)c1cc(C2=C(Br)CCC2)cnn1. The molecule has 0 saturated carbocycles. The van der Waals surface area contributed by atoms with E-state index in [-0.39, 0.29) is 5.91 Å². The Morgan fingerprint density at radius 1 is 1.50 bits per heavy atom. The molecule has 94 valence electrons. The van der Waals surface area contributed by atoms with Crippen molar-refractivity contribution in [1.82, 2.24) is 15.5 Å². The lowest BCUT2D eigenvalue weighted by atomic mass is 10.1. The van der Waals surface area contributed by atoms with E-state index in [1.54, 1.807) is 19.2 Å². The van der Waals surface area contributed by atoms with Gasteiger partial charge in [-0.05, 0) is 42.3 Å². The van der Waals surface area contributed by atoms with Gasteiger partial charge in [-0.1, -0.05) is 22.5 Å². The van der Waals surface area contributed by atoms with Gasteiger partial charge in [-0.3, -0.25) is 4.79 Å². The summed E-state index contributed by atoms with van der Waals surface area (Å²) in [5, 5.41) is 10.4. The van der Waals surface area contributed by atoms with Crippen molar-refractivity contribution in [2.24, 2.45) is 0 Å². The molecular weight excluding hydrogens is 294 g/mol. The largest absolute Gasteiger partial charge is 0.325 e. The van der Waals surface area contributed by atoms with E-state index in [1.165, 1.54) is 10.1 Å². The molecule has 0 saturated heterocycles. The van der Waals surface area contributed by atoms with Gasteiger partial charge in [0.1, 0.15) is 0 Å². The van der Waals surface area contributed by atoms with E-state index in [0.29, 0.717) is 11.4 Å². The second kappa shape index (κ2) is 5.44. The molecule has 0 aromatic carbocycles. The van der Waals surface area contributed by atoms with Crippen LogP contribution < -0.4 is 5.32 Å². The summed E-state index contributed by atoms with van der Waals surface area (Å²) in [7, 11) is 0. The van der Waals surface area contributed by atoms with Crippen molar-refractivity contribution in [3.05, 3.63) is 40.3 Å². The Morgan fingerprint density at radius 3 is 2.89 bits per heavy atom. The zero-order valence-electron chi connectivity index (χ0n) is 10.2. The van der Waals surface area contributed by atoms with E-state index in [9.17, 15) is 4.79 Å². The fourth-order valence-electron chi connectivity index (χ4n) is 1.91. The number of nitrogens with zero attached hydrogens (tertiary/aromatic N) is 2. The van der Waals surface area contributed by atoms with Crippen LogP contribution in [0.4, 0.5) is 0 Å². The summed E-state index contributed by atoms with van der Waals surface area (Å²) >= 11 is 3.56. The van der Waals surface area contributed by atoms with Crippen LogP contribution in [0.2, 0.25) is 0 Å². The highest BCUT2D eigenvalue weighted by atomic mass is 79.9. The third-order valence-corrected chi connectivity index (χ3v) is 3.59. The van der Waals surface area contributed by atoms with Gasteiger partial charge >= 0.3 is 0 Å². The van der Waals surface area contributed by atoms with Gasteiger partial charge in [0.05, 0.1) is 6.20 Å². The van der Waals surface area contributed by atoms with Crippen LogP contribution in [0.3, 0.4) is 0 Å². The molecule has 1 amide bonds. The van der Waals surface area contributed by atoms with E-state index in [0.717, 1.165) is 24.8 Å². The Hall–Kier alpha value is -1.49. The van der Waals surface area contributed by atoms with Gasteiger partial charge in [-0.2, -0.15) is 5.10 Å². The molecule has 1 aliphatic carbocycles. The van der Waals surface area contributed by atoms with E-state index >= 15 is 0 Å². The van der Waals surface area contributed by atoms with Crippen LogP contribution in [-0.2, 0) is 0 Å². The normalized spacial score (nSPS) is 14.8. The summed E-state index contributed by atoms with van der Waals surface area (Å²) in [6, 6.07) is 1.77. The number of rotatable bonds is 3. The molecule has 0 spiro atoms. The number of nitrogens with one attached hydrogen (secondary N) is 1. The molecule has 5 heteroatoms. The zero-order valence-corrected chi connectivity index (χ0v) is 11.7. The van der Waals surface area contributed by atoms with Crippen LogP contribution in [0.15, 0.2) is 29.0 Å². The molecular formula is C13H14BrN3O. The van der Waals surface area contributed by atoms with Gasteiger partial charge in [-0.25, -0.2) is 0 Å². The van der Waals surface area contributed by atoms with Gasteiger partial charge in [-0.15, -0.1) is 5.10 Å². The Bertz CT molecular complexity index is 537. The third kappa shape index (κ3) is 2.85. The number of aromatic nitrogens is 2. The van der Waals surface area contributed by atoms with Gasteiger partial charge in [0.2, 0.25) is 0 Å². The van der Waals surface area contributed by atoms with Gasteiger partial charge in [0.15, 0.2) is 5.69 Å². The minimum atomic E-state index is -0.272. The Kier molecular flexibility index (Phi) is 3.91. The van der Waals surface area contributed by atoms with E-state index in [4.69, 9.17) is 0 Å². The first kappa shape index (κ1) is 13.0. The van der Waals surface area contributed by atoms with Crippen LogP contribution in [0.25, 0.3) is 5.57 Å². The van der Waals surface area contributed by atoms with Crippen molar-refractivity contribution in [2.45, 2.75) is 26.2 Å². The molecule has 0 atom stereocenters. The van der Waals surface area contributed by atoms with Crippen LogP contribution in [0, 0.1) is 0 Å². The molecule has 0 bridgehead atoms.